The van der Waals surface area contributed by atoms with Gasteiger partial charge in [-0.15, -0.1) is 23.5 Å². The quantitative estimate of drug-likeness (QED) is 0.488. The first-order valence-corrected chi connectivity index (χ1v) is 9.40. The lowest BCUT2D eigenvalue weighted by atomic mass is 10.0. The lowest BCUT2D eigenvalue weighted by Gasteiger charge is -2.16. The number of allylic oxidation sites excluding steroid dienone is 1. The van der Waals surface area contributed by atoms with Gasteiger partial charge in [0.15, 0.2) is 5.78 Å². The fourth-order valence-corrected chi connectivity index (χ4v) is 4.22. The first-order valence-electron chi connectivity index (χ1n) is 6.64. The van der Waals surface area contributed by atoms with Crippen molar-refractivity contribution in [1.82, 2.24) is 0 Å². The molecule has 0 saturated heterocycles. The Bertz CT molecular complexity index is 531. The van der Waals surface area contributed by atoms with Crippen molar-refractivity contribution in [3.8, 4) is 0 Å². The van der Waals surface area contributed by atoms with Crippen molar-refractivity contribution in [3.05, 3.63) is 44.1 Å². The van der Waals surface area contributed by atoms with Gasteiger partial charge in [0.25, 0.3) is 0 Å². The molecule has 0 aliphatic carbocycles. The molecule has 0 fully saturated rings. The molecule has 1 aromatic carbocycles. The first kappa shape index (κ1) is 19.6. The molecule has 0 radical (unpaired) electrons. The highest BCUT2D eigenvalue weighted by Gasteiger charge is 2.37. The Labute approximate surface area is 145 Å². The molecule has 0 atom stereocenters. The second-order valence-corrected chi connectivity index (χ2v) is 7.96. The molecule has 0 unspecified atom stereocenters. The van der Waals surface area contributed by atoms with Crippen molar-refractivity contribution in [2.45, 2.75) is 26.4 Å². The molecule has 122 valence electrons. The third kappa shape index (κ3) is 6.01. The summed E-state index contributed by atoms with van der Waals surface area (Å²) in [6.07, 6.45) is -5.12. The molecule has 0 aliphatic rings. The summed E-state index contributed by atoms with van der Waals surface area (Å²) < 4.78 is 40.9. The van der Waals surface area contributed by atoms with Crippen LogP contribution in [0.15, 0.2) is 38.5 Å². The molecule has 0 N–H and O–H groups in total. The van der Waals surface area contributed by atoms with Gasteiger partial charge in [-0.05, 0) is 23.6 Å². The number of ketones is 1. The lowest BCUT2D eigenvalue weighted by Crippen LogP contribution is -2.17. The monoisotopic (exact) mass is 412 g/mol. The van der Waals surface area contributed by atoms with E-state index in [4.69, 9.17) is 0 Å². The summed E-state index contributed by atoms with van der Waals surface area (Å²) in [6, 6.07) is 6.35. The molecule has 0 spiro atoms. The number of benzene rings is 1. The summed E-state index contributed by atoms with van der Waals surface area (Å²) in [4.78, 5) is 12.2. The zero-order chi connectivity index (χ0) is 16.8. The maximum absolute atomic E-state index is 13.3. The molecule has 0 aliphatic heterocycles. The van der Waals surface area contributed by atoms with Crippen LogP contribution in [0.25, 0.3) is 0 Å². The van der Waals surface area contributed by atoms with E-state index in [2.05, 4.69) is 15.9 Å². The van der Waals surface area contributed by atoms with Gasteiger partial charge in [0.2, 0.25) is 0 Å². The Kier molecular flexibility index (Phi) is 8.07. The fraction of sp³-hybridized carbons (Fsp3) is 0.400. The molecule has 0 saturated carbocycles. The molecule has 0 amide bonds. The number of hydrogen-bond acceptors (Lipinski definition) is 3. The van der Waals surface area contributed by atoms with Crippen LogP contribution in [-0.2, 0) is 0 Å². The highest BCUT2D eigenvalue weighted by molar-refractivity contribution is 9.10. The third-order valence-electron chi connectivity index (χ3n) is 2.64. The number of hydrogen-bond donors (Lipinski definition) is 0. The summed E-state index contributed by atoms with van der Waals surface area (Å²) in [5.74, 6) is 0.550. The highest BCUT2D eigenvalue weighted by Crippen LogP contribution is 2.41. The number of carbonyl (C=O) groups excluding carboxylic acids is 1. The maximum atomic E-state index is 13.3. The Morgan fingerprint density at radius 1 is 1.09 bits per heavy atom. The number of alkyl halides is 3. The molecule has 22 heavy (non-hydrogen) atoms. The van der Waals surface area contributed by atoms with Crippen LogP contribution < -0.4 is 0 Å². The average Bonchev–Trinajstić information content (AvgIpc) is 2.44. The van der Waals surface area contributed by atoms with Crippen molar-refractivity contribution in [2.24, 2.45) is 0 Å². The number of rotatable bonds is 7. The third-order valence-corrected chi connectivity index (χ3v) is 5.47. The van der Waals surface area contributed by atoms with Crippen LogP contribution in [0.3, 0.4) is 0 Å². The van der Waals surface area contributed by atoms with Crippen molar-refractivity contribution in [1.29, 1.82) is 0 Å². The van der Waals surface area contributed by atoms with Crippen LogP contribution in [-0.4, -0.2) is 23.5 Å². The van der Waals surface area contributed by atoms with Crippen LogP contribution in [0.4, 0.5) is 13.2 Å². The Morgan fingerprint density at radius 3 is 2.00 bits per heavy atom. The Morgan fingerprint density at radius 2 is 1.59 bits per heavy atom. The van der Waals surface area contributed by atoms with Gasteiger partial charge in [-0.3, -0.25) is 4.79 Å². The van der Waals surface area contributed by atoms with Crippen molar-refractivity contribution in [3.63, 3.8) is 0 Å². The summed E-state index contributed by atoms with van der Waals surface area (Å²) in [6.45, 7) is 3.59. The molecule has 0 heterocycles. The van der Waals surface area contributed by atoms with Gasteiger partial charge >= 0.3 is 6.18 Å². The van der Waals surface area contributed by atoms with Gasteiger partial charge in [-0.1, -0.05) is 41.9 Å². The second-order valence-electron chi connectivity index (χ2n) is 4.24. The van der Waals surface area contributed by atoms with E-state index in [1.54, 1.807) is 26.0 Å². The van der Waals surface area contributed by atoms with Crippen LogP contribution in [0, 0.1) is 0 Å². The van der Waals surface area contributed by atoms with Gasteiger partial charge < -0.3 is 0 Å². The predicted octanol–water partition coefficient (Wildman–Crippen LogP) is 6.30. The molecule has 0 bridgehead atoms. The van der Waals surface area contributed by atoms with E-state index in [0.717, 1.165) is 28.0 Å². The van der Waals surface area contributed by atoms with Gasteiger partial charge in [0.1, 0.15) is 0 Å². The smallest absolute Gasteiger partial charge is 0.294 e. The molecule has 1 nitrogen and oxygen atoms in total. The van der Waals surface area contributed by atoms with Gasteiger partial charge in [-0.25, -0.2) is 0 Å². The van der Waals surface area contributed by atoms with E-state index >= 15 is 0 Å². The van der Waals surface area contributed by atoms with Crippen molar-refractivity contribution < 1.29 is 18.0 Å². The Hall–Kier alpha value is -0.400. The summed E-state index contributed by atoms with van der Waals surface area (Å²) >= 11 is 5.51. The molecule has 7 heteroatoms. The minimum atomic E-state index is -4.50. The normalized spacial score (nSPS) is 11.4. The standard InChI is InChI=1S/C15H16BrF3OS2/c1-3-21-14(22-4-2)12(15(17,18)19)9-13(20)10-5-7-11(16)8-6-10/h5-8H,3-4,9H2,1-2H3. The lowest BCUT2D eigenvalue weighted by molar-refractivity contribution is -0.0931. The molecule has 0 aromatic heterocycles. The highest BCUT2D eigenvalue weighted by atomic mass is 79.9. The Balaban J connectivity index is 3.10. The number of Topliss-reactive ketones (excluding diaryl/α,β-unsaturated/α-hetero) is 1. The zero-order valence-electron chi connectivity index (χ0n) is 12.2. The number of carbonyl (C=O) groups is 1. The van der Waals surface area contributed by atoms with E-state index in [0.29, 0.717) is 11.5 Å². The topological polar surface area (TPSA) is 17.1 Å². The number of halogens is 4. The summed E-state index contributed by atoms with van der Waals surface area (Å²) in [7, 11) is 0. The summed E-state index contributed by atoms with van der Waals surface area (Å²) in [5.41, 5.74) is -0.452. The minimum Gasteiger partial charge on any atom is -0.294 e. The first-order chi connectivity index (χ1) is 10.3. The molecule has 1 rings (SSSR count). The largest absolute Gasteiger partial charge is 0.414 e. The van der Waals surface area contributed by atoms with Crippen LogP contribution in [0.5, 0.6) is 0 Å². The zero-order valence-corrected chi connectivity index (χ0v) is 15.4. The maximum Gasteiger partial charge on any atom is 0.414 e. The van der Waals surface area contributed by atoms with E-state index in [9.17, 15) is 18.0 Å². The van der Waals surface area contributed by atoms with E-state index in [-0.39, 0.29) is 9.80 Å². The van der Waals surface area contributed by atoms with Gasteiger partial charge in [0, 0.05) is 20.7 Å². The van der Waals surface area contributed by atoms with Crippen molar-refractivity contribution in [2.75, 3.05) is 11.5 Å². The SMILES string of the molecule is CCSC(SCC)=C(CC(=O)c1ccc(Br)cc1)C(F)(F)F. The van der Waals surface area contributed by atoms with Crippen LogP contribution in [0.2, 0.25) is 0 Å². The fourth-order valence-electron chi connectivity index (χ4n) is 1.66. The second kappa shape index (κ2) is 9.03. The van der Waals surface area contributed by atoms with Crippen LogP contribution in [0.1, 0.15) is 30.6 Å². The van der Waals surface area contributed by atoms with Gasteiger partial charge in [0.05, 0.1) is 5.57 Å². The van der Waals surface area contributed by atoms with E-state index in [1.807, 2.05) is 0 Å². The minimum absolute atomic E-state index is 0.197. The molecular weight excluding hydrogens is 397 g/mol. The molecular formula is C15H16BrF3OS2. The average molecular weight is 413 g/mol. The number of thioether (sulfide) groups is 2. The van der Waals surface area contributed by atoms with Crippen molar-refractivity contribution >= 4 is 45.2 Å². The van der Waals surface area contributed by atoms with E-state index < -0.39 is 24.0 Å². The van der Waals surface area contributed by atoms with Crippen LogP contribution >= 0.6 is 39.5 Å². The van der Waals surface area contributed by atoms with Gasteiger partial charge in [-0.2, -0.15) is 13.2 Å². The predicted molar refractivity (Wildman–Crippen MR) is 92.4 cm³/mol. The van der Waals surface area contributed by atoms with E-state index in [1.165, 1.54) is 12.1 Å². The molecule has 1 aromatic rings. The summed E-state index contributed by atoms with van der Waals surface area (Å²) in [5, 5.41) is 0.